The summed E-state index contributed by atoms with van der Waals surface area (Å²) in [5.41, 5.74) is 2.04. The molecule has 0 bridgehead atoms. The van der Waals surface area contributed by atoms with Crippen molar-refractivity contribution in [2.75, 3.05) is 4.72 Å². The molecule has 19 heavy (non-hydrogen) atoms. The maximum absolute atomic E-state index is 6.10. The van der Waals surface area contributed by atoms with E-state index < -0.39 is 0 Å². The largest absolute Gasteiger partial charge is 0.358 e. The summed E-state index contributed by atoms with van der Waals surface area (Å²) in [6.07, 6.45) is 1.80. The topological polar surface area (TPSA) is 53.8 Å². The minimum Gasteiger partial charge on any atom is -0.358 e. The average Bonchev–Trinajstić information content (AvgIpc) is 3.04. The van der Waals surface area contributed by atoms with Gasteiger partial charge in [-0.25, -0.2) is 0 Å². The Morgan fingerprint density at radius 1 is 1.37 bits per heavy atom. The van der Waals surface area contributed by atoms with Crippen LogP contribution >= 0.6 is 46.8 Å². The van der Waals surface area contributed by atoms with Gasteiger partial charge in [0.25, 0.3) is 0 Å². The van der Waals surface area contributed by atoms with Gasteiger partial charge in [0.05, 0.1) is 20.4 Å². The first-order valence-corrected chi connectivity index (χ1v) is 8.37. The number of para-hydroxylation sites is 1. The number of anilines is 1. The van der Waals surface area contributed by atoms with Crippen LogP contribution < -0.4 is 9.86 Å². The van der Waals surface area contributed by atoms with Gasteiger partial charge in [-0.05, 0) is 36.0 Å². The Morgan fingerprint density at radius 2 is 2.26 bits per heavy atom. The first-order valence-electron chi connectivity index (χ1n) is 5.41. The van der Waals surface area contributed by atoms with Crippen LogP contribution in [0, 0.1) is 0 Å². The Kier molecular flexibility index (Phi) is 3.95. The minimum atomic E-state index is 0.738. The fourth-order valence-electron chi connectivity index (χ4n) is 1.73. The lowest BCUT2D eigenvalue weighted by Gasteiger charge is -2.05. The van der Waals surface area contributed by atoms with Gasteiger partial charge in [0.1, 0.15) is 0 Å². The van der Waals surface area contributed by atoms with E-state index in [9.17, 15) is 0 Å². The number of rotatable bonds is 4. The standard InChI is InChI=1S/C12H10ClN3S3/c13-9-5-15-12-8(9)2-1-3-10(12)16-19-11-4-7(18-14)6-17-11/h1-6,15-16H,14H2. The summed E-state index contributed by atoms with van der Waals surface area (Å²) < 4.78 is 4.51. The van der Waals surface area contributed by atoms with E-state index in [2.05, 4.69) is 15.8 Å². The van der Waals surface area contributed by atoms with Crippen molar-refractivity contribution in [1.82, 2.24) is 4.98 Å². The average molecular weight is 328 g/mol. The van der Waals surface area contributed by atoms with Gasteiger partial charge in [-0.15, -0.1) is 11.3 Å². The van der Waals surface area contributed by atoms with Crippen LogP contribution in [0.4, 0.5) is 5.69 Å². The van der Waals surface area contributed by atoms with E-state index in [1.165, 1.54) is 16.2 Å². The number of fused-ring (bicyclic) bond motifs is 1. The molecule has 2 heterocycles. The Hall–Kier alpha value is -0.790. The van der Waals surface area contributed by atoms with Gasteiger partial charge < -0.3 is 9.71 Å². The second-order valence-electron chi connectivity index (χ2n) is 3.79. The van der Waals surface area contributed by atoms with E-state index in [0.29, 0.717) is 0 Å². The molecule has 0 saturated carbocycles. The summed E-state index contributed by atoms with van der Waals surface area (Å²) in [7, 11) is 0. The van der Waals surface area contributed by atoms with E-state index in [1.54, 1.807) is 29.5 Å². The monoisotopic (exact) mass is 327 g/mol. The fraction of sp³-hybridized carbons (Fsp3) is 0. The van der Waals surface area contributed by atoms with Crippen LogP contribution in [-0.2, 0) is 0 Å². The summed E-state index contributed by atoms with van der Waals surface area (Å²) in [4.78, 5) is 4.26. The highest BCUT2D eigenvalue weighted by Crippen LogP contribution is 2.34. The van der Waals surface area contributed by atoms with Crippen molar-refractivity contribution in [3.63, 3.8) is 0 Å². The van der Waals surface area contributed by atoms with Crippen LogP contribution in [0.15, 0.2) is 44.9 Å². The van der Waals surface area contributed by atoms with E-state index >= 15 is 0 Å². The highest BCUT2D eigenvalue weighted by molar-refractivity contribution is 8.02. The van der Waals surface area contributed by atoms with Crippen LogP contribution in [0.5, 0.6) is 0 Å². The number of hydrogen-bond acceptors (Lipinski definition) is 5. The zero-order valence-corrected chi connectivity index (χ0v) is 12.8. The number of H-pyrrole nitrogens is 1. The molecule has 3 nitrogen and oxygen atoms in total. The molecule has 4 N–H and O–H groups in total. The normalized spacial score (nSPS) is 11.1. The molecule has 0 aliphatic heterocycles. The van der Waals surface area contributed by atoms with Gasteiger partial charge in [0, 0.05) is 21.9 Å². The van der Waals surface area contributed by atoms with Crippen molar-refractivity contribution >= 4 is 63.4 Å². The maximum atomic E-state index is 6.10. The van der Waals surface area contributed by atoms with Gasteiger partial charge in [-0.1, -0.05) is 23.7 Å². The van der Waals surface area contributed by atoms with Gasteiger partial charge in [0.15, 0.2) is 0 Å². The van der Waals surface area contributed by atoms with Gasteiger partial charge >= 0.3 is 0 Å². The summed E-state index contributed by atoms with van der Waals surface area (Å²) in [5.74, 6) is 0. The quantitative estimate of drug-likeness (QED) is 0.592. The SMILES string of the molecule is NSc1csc(SNc2cccc3c(Cl)c[nH]c23)c1. The molecule has 2 aromatic heterocycles. The molecule has 1 aromatic carbocycles. The van der Waals surface area contributed by atoms with Crippen molar-refractivity contribution in [2.45, 2.75) is 9.10 Å². The number of benzene rings is 1. The summed E-state index contributed by atoms with van der Waals surface area (Å²) >= 11 is 10.6. The molecule has 0 amide bonds. The molecule has 7 heteroatoms. The molecule has 0 spiro atoms. The van der Waals surface area contributed by atoms with Crippen LogP contribution in [0.25, 0.3) is 10.9 Å². The molecule has 0 aliphatic carbocycles. The molecular weight excluding hydrogens is 318 g/mol. The van der Waals surface area contributed by atoms with Crippen LogP contribution in [0.2, 0.25) is 5.02 Å². The van der Waals surface area contributed by atoms with Gasteiger partial charge in [0.2, 0.25) is 0 Å². The number of aromatic nitrogens is 1. The lowest BCUT2D eigenvalue weighted by molar-refractivity contribution is 1.47. The second-order valence-corrected chi connectivity index (χ2v) is 6.92. The fourth-order valence-corrected chi connectivity index (χ4v) is 4.16. The van der Waals surface area contributed by atoms with E-state index in [1.807, 2.05) is 23.6 Å². The molecule has 0 atom stereocenters. The number of aromatic amines is 1. The third kappa shape index (κ3) is 2.73. The number of nitrogens with one attached hydrogen (secondary N) is 2. The molecule has 3 aromatic rings. The molecule has 98 valence electrons. The first-order chi connectivity index (χ1) is 9.28. The zero-order chi connectivity index (χ0) is 13.2. The van der Waals surface area contributed by atoms with Gasteiger partial charge in [-0.3, -0.25) is 5.14 Å². The van der Waals surface area contributed by atoms with Crippen LogP contribution in [-0.4, -0.2) is 4.98 Å². The summed E-state index contributed by atoms with van der Waals surface area (Å²) in [5, 5.41) is 9.33. The Balaban J connectivity index is 1.81. The van der Waals surface area contributed by atoms with Crippen molar-refractivity contribution in [3.05, 3.63) is 40.9 Å². The van der Waals surface area contributed by atoms with E-state index in [4.69, 9.17) is 16.7 Å². The van der Waals surface area contributed by atoms with Crippen molar-refractivity contribution in [1.29, 1.82) is 0 Å². The van der Waals surface area contributed by atoms with Crippen LogP contribution in [0.1, 0.15) is 0 Å². The van der Waals surface area contributed by atoms with E-state index in [0.717, 1.165) is 26.5 Å². The third-order valence-corrected chi connectivity index (χ3v) is 5.49. The Morgan fingerprint density at radius 3 is 3.05 bits per heavy atom. The summed E-state index contributed by atoms with van der Waals surface area (Å²) in [6, 6.07) is 8.07. The third-order valence-electron chi connectivity index (χ3n) is 2.61. The van der Waals surface area contributed by atoms with Crippen molar-refractivity contribution < 1.29 is 0 Å². The first kappa shape index (κ1) is 13.2. The smallest absolute Gasteiger partial charge is 0.0819 e. The molecule has 0 saturated heterocycles. The number of nitrogens with two attached hydrogens (primary N) is 1. The number of halogens is 1. The number of hydrogen-bond donors (Lipinski definition) is 3. The highest BCUT2D eigenvalue weighted by atomic mass is 35.5. The van der Waals surface area contributed by atoms with Crippen molar-refractivity contribution in [2.24, 2.45) is 5.14 Å². The maximum Gasteiger partial charge on any atom is 0.0819 e. The second kappa shape index (κ2) is 5.68. The predicted molar refractivity (Wildman–Crippen MR) is 87.2 cm³/mol. The molecule has 0 aliphatic rings. The highest BCUT2D eigenvalue weighted by Gasteiger charge is 2.06. The zero-order valence-electron chi connectivity index (χ0n) is 9.64. The molecule has 0 fully saturated rings. The minimum absolute atomic E-state index is 0.738. The Labute approximate surface area is 128 Å². The van der Waals surface area contributed by atoms with E-state index in [-0.39, 0.29) is 0 Å². The molecular formula is C12H10ClN3S3. The van der Waals surface area contributed by atoms with Gasteiger partial charge in [-0.2, -0.15) is 0 Å². The number of thiophene rings is 1. The molecule has 0 unspecified atom stereocenters. The lowest BCUT2D eigenvalue weighted by atomic mass is 10.2. The Bertz CT molecular complexity index is 707. The summed E-state index contributed by atoms with van der Waals surface area (Å²) in [6.45, 7) is 0. The predicted octanol–water partition coefficient (Wildman–Crippen LogP) is 4.97. The molecule has 0 radical (unpaired) electrons. The molecule has 3 rings (SSSR count). The van der Waals surface area contributed by atoms with Crippen LogP contribution in [0.3, 0.4) is 0 Å². The lowest BCUT2D eigenvalue weighted by Crippen LogP contribution is -1.86. The van der Waals surface area contributed by atoms with Crippen molar-refractivity contribution in [3.8, 4) is 0 Å².